The van der Waals surface area contributed by atoms with E-state index >= 15 is 0 Å². The van der Waals surface area contributed by atoms with Gasteiger partial charge in [-0.1, -0.05) is 18.2 Å². The van der Waals surface area contributed by atoms with Crippen molar-refractivity contribution >= 4 is 16.9 Å². The Kier molecular flexibility index (Phi) is 5.09. The second kappa shape index (κ2) is 7.26. The van der Waals surface area contributed by atoms with Gasteiger partial charge in [0.25, 0.3) is 0 Å². The molecule has 0 aliphatic heterocycles. The van der Waals surface area contributed by atoms with Crippen LogP contribution in [0.15, 0.2) is 33.7 Å². The van der Waals surface area contributed by atoms with Crippen LogP contribution in [0.2, 0.25) is 0 Å². The summed E-state index contributed by atoms with van der Waals surface area (Å²) in [5.74, 6) is 2.61. The van der Waals surface area contributed by atoms with Crippen molar-refractivity contribution in [2.75, 3.05) is 27.7 Å². The highest BCUT2D eigenvalue weighted by molar-refractivity contribution is 5.82. The maximum Gasteiger partial charge on any atom is 0.191 e. The number of hydrogen-bond donors (Lipinski definition) is 2. The number of benzene rings is 1. The van der Waals surface area contributed by atoms with Crippen molar-refractivity contribution in [1.29, 1.82) is 0 Å². The molecule has 0 saturated heterocycles. The van der Waals surface area contributed by atoms with Gasteiger partial charge in [0.1, 0.15) is 11.3 Å². The summed E-state index contributed by atoms with van der Waals surface area (Å²) in [5.41, 5.74) is 2.13. The largest absolute Gasteiger partial charge is 0.459 e. The molecule has 1 aliphatic rings. The molecule has 0 bridgehead atoms. The van der Waals surface area contributed by atoms with Crippen LogP contribution >= 0.6 is 0 Å². The number of guanidine groups is 1. The normalized spacial score (nSPS) is 16.6. The molecule has 24 heavy (non-hydrogen) atoms. The van der Waals surface area contributed by atoms with E-state index in [0.717, 1.165) is 29.8 Å². The van der Waals surface area contributed by atoms with Crippen molar-refractivity contribution in [2.24, 2.45) is 10.9 Å². The second-order valence-electron chi connectivity index (χ2n) is 6.82. The highest BCUT2D eigenvalue weighted by atomic mass is 16.3. The molecule has 0 amide bonds. The Hall–Kier alpha value is -2.01. The summed E-state index contributed by atoms with van der Waals surface area (Å²) in [6.07, 6.45) is 2.68. The minimum atomic E-state index is 0.566. The van der Waals surface area contributed by atoms with Crippen LogP contribution in [0.1, 0.15) is 24.2 Å². The molecule has 0 radical (unpaired) electrons. The van der Waals surface area contributed by atoms with Crippen molar-refractivity contribution in [1.82, 2.24) is 15.5 Å². The van der Waals surface area contributed by atoms with Gasteiger partial charge in [-0.05, 0) is 45.8 Å². The summed E-state index contributed by atoms with van der Waals surface area (Å²) in [7, 11) is 6.11. The SMILES string of the molecule is CN=C(NCc1oc2ccccc2c1C)NCC(C1CC1)N(C)C. The molecule has 1 saturated carbocycles. The Labute approximate surface area is 144 Å². The highest BCUT2D eigenvalue weighted by Gasteiger charge is 2.32. The predicted molar refractivity (Wildman–Crippen MR) is 99.4 cm³/mol. The maximum absolute atomic E-state index is 5.95. The molecule has 2 aromatic rings. The Morgan fingerprint density at radius 3 is 2.67 bits per heavy atom. The molecule has 5 nitrogen and oxygen atoms in total. The summed E-state index contributed by atoms with van der Waals surface area (Å²) in [5, 5.41) is 8.00. The molecule has 1 atom stereocenters. The van der Waals surface area contributed by atoms with Crippen LogP contribution in [-0.4, -0.2) is 44.6 Å². The number of nitrogens with one attached hydrogen (secondary N) is 2. The van der Waals surface area contributed by atoms with Crippen molar-refractivity contribution in [2.45, 2.75) is 32.4 Å². The third-order valence-corrected chi connectivity index (χ3v) is 4.89. The number of aryl methyl sites for hydroxylation is 1. The van der Waals surface area contributed by atoms with E-state index in [0.29, 0.717) is 12.6 Å². The topological polar surface area (TPSA) is 52.8 Å². The second-order valence-corrected chi connectivity index (χ2v) is 6.82. The van der Waals surface area contributed by atoms with E-state index in [9.17, 15) is 0 Å². The fourth-order valence-corrected chi connectivity index (χ4v) is 3.23. The molecule has 1 aromatic carbocycles. The molecule has 1 aromatic heterocycles. The van der Waals surface area contributed by atoms with E-state index in [4.69, 9.17) is 4.42 Å². The standard InChI is InChI=1S/C19H28N4O/c1-13-15-7-5-6-8-17(15)24-18(13)12-22-19(20-2)21-11-16(23(3)4)14-9-10-14/h5-8,14,16H,9-12H2,1-4H3,(H2,20,21,22). The molecule has 5 heteroatoms. The fraction of sp³-hybridized carbons (Fsp3) is 0.526. The number of furan rings is 1. The summed E-state index contributed by atoms with van der Waals surface area (Å²) >= 11 is 0. The molecular weight excluding hydrogens is 300 g/mol. The lowest BCUT2D eigenvalue weighted by atomic mass is 10.1. The van der Waals surface area contributed by atoms with E-state index in [-0.39, 0.29) is 0 Å². The monoisotopic (exact) mass is 328 g/mol. The van der Waals surface area contributed by atoms with Gasteiger partial charge >= 0.3 is 0 Å². The van der Waals surface area contributed by atoms with E-state index < -0.39 is 0 Å². The van der Waals surface area contributed by atoms with Gasteiger partial charge in [-0.25, -0.2) is 0 Å². The zero-order valence-electron chi connectivity index (χ0n) is 15.1. The van der Waals surface area contributed by atoms with E-state index in [2.05, 4.69) is 47.6 Å². The fourth-order valence-electron chi connectivity index (χ4n) is 3.23. The predicted octanol–water partition coefficient (Wildman–Crippen LogP) is 2.75. The van der Waals surface area contributed by atoms with Crippen LogP contribution in [0.5, 0.6) is 0 Å². The quantitative estimate of drug-likeness (QED) is 0.632. The number of fused-ring (bicyclic) bond motifs is 1. The zero-order valence-corrected chi connectivity index (χ0v) is 15.1. The molecule has 2 N–H and O–H groups in total. The van der Waals surface area contributed by atoms with Crippen molar-refractivity contribution in [3.63, 3.8) is 0 Å². The summed E-state index contributed by atoms with van der Waals surface area (Å²) in [6, 6.07) is 8.72. The summed E-state index contributed by atoms with van der Waals surface area (Å²) in [6.45, 7) is 3.65. The molecule has 130 valence electrons. The number of hydrogen-bond acceptors (Lipinski definition) is 3. The minimum Gasteiger partial charge on any atom is -0.459 e. The number of nitrogens with zero attached hydrogens (tertiary/aromatic N) is 2. The molecule has 1 aliphatic carbocycles. The van der Waals surface area contributed by atoms with E-state index in [1.807, 2.05) is 25.2 Å². The maximum atomic E-state index is 5.95. The number of rotatable bonds is 6. The lowest BCUT2D eigenvalue weighted by Crippen LogP contribution is -2.45. The van der Waals surface area contributed by atoms with Gasteiger partial charge in [0, 0.05) is 30.6 Å². The van der Waals surface area contributed by atoms with Gasteiger partial charge in [-0.2, -0.15) is 0 Å². The van der Waals surface area contributed by atoms with Gasteiger partial charge in [0.15, 0.2) is 5.96 Å². The average molecular weight is 328 g/mol. The van der Waals surface area contributed by atoms with Gasteiger partial charge in [-0.15, -0.1) is 0 Å². The first-order chi connectivity index (χ1) is 11.6. The van der Waals surface area contributed by atoms with E-state index in [1.54, 1.807) is 0 Å². The zero-order chi connectivity index (χ0) is 17.1. The van der Waals surface area contributed by atoms with Gasteiger partial charge in [0.05, 0.1) is 6.54 Å². The average Bonchev–Trinajstić information content (AvgIpc) is 3.36. The Morgan fingerprint density at radius 1 is 1.29 bits per heavy atom. The Bertz CT molecular complexity index is 713. The number of para-hydroxylation sites is 1. The van der Waals surface area contributed by atoms with Crippen LogP contribution in [0, 0.1) is 12.8 Å². The van der Waals surface area contributed by atoms with Crippen molar-refractivity contribution < 1.29 is 4.42 Å². The molecule has 1 fully saturated rings. The van der Waals surface area contributed by atoms with Crippen LogP contribution < -0.4 is 10.6 Å². The van der Waals surface area contributed by atoms with Crippen LogP contribution in [0.3, 0.4) is 0 Å². The summed E-state index contributed by atoms with van der Waals surface area (Å²) < 4.78 is 5.95. The van der Waals surface area contributed by atoms with Crippen LogP contribution in [0.25, 0.3) is 11.0 Å². The Morgan fingerprint density at radius 2 is 2.04 bits per heavy atom. The molecular formula is C19H28N4O. The minimum absolute atomic E-state index is 0.566. The lowest BCUT2D eigenvalue weighted by molar-refractivity contribution is 0.264. The molecule has 1 heterocycles. The lowest BCUT2D eigenvalue weighted by Gasteiger charge is -2.25. The van der Waals surface area contributed by atoms with Crippen LogP contribution in [-0.2, 0) is 6.54 Å². The van der Waals surface area contributed by atoms with Crippen molar-refractivity contribution in [3.8, 4) is 0 Å². The first-order valence-corrected chi connectivity index (χ1v) is 8.68. The van der Waals surface area contributed by atoms with Gasteiger partial charge in [0.2, 0.25) is 0 Å². The van der Waals surface area contributed by atoms with E-state index in [1.165, 1.54) is 23.8 Å². The Balaban J connectivity index is 1.58. The third kappa shape index (κ3) is 3.73. The van der Waals surface area contributed by atoms with Crippen LogP contribution in [0.4, 0.5) is 0 Å². The van der Waals surface area contributed by atoms with Gasteiger partial charge in [-0.3, -0.25) is 4.99 Å². The van der Waals surface area contributed by atoms with Crippen molar-refractivity contribution in [3.05, 3.63) is 35.6 Å². The summed E-state index contributed by atoms with van der Waals surface area (Å²) in [4.78, 5) is 6.64. The van der Waals surface area contributed by atoms with Gasteiger partial charge < -0.3 is 20.0 Å². The smallest absolute Gasteiger partial charge is 0.191 e. The third-order valence-electron chi connectivity index (χ3n) is 4.89. The number of likely N-dealkylation sites (N-methyl/N-ethyl adjacent to an activating group) is 1. The first kappa shape index (κ1) is 16.8. The highest BCUT2D eigenvalue weighted by Crippen LogP contribution is 2.34. The molecule has 3 rings (SSSR count). The first-order valence-electron chi connectivity index (χ1n) is 8.68. The molecule has 0 spiro atoms. The number of aliphatic imine (C=N–C) groups is 1. The molecule has 1 unspecified atom stereocenters.